The van der Waals surface area contributed by atoms with Crippen molar-refractivity contribution >= 4 is 23.4 Å². The van der Waals surface area contributed by atoms with E-state index in [4.69, 9.17) is 5.11 Å². The van der Waals surface area contributed by atoms with Crippen molar-refractivity contribution in [3.05, 3.63) is 59.8 Å². The van der Waals surface area contributed by atoms with Gasteiger partial charge in [0.2, 0.25) is 11.9 Å². The summed E-state index contributed by atoms with van der Waals surface area (Å²) < 4.78 is 42.2. The number of benzene rings is 1. The number of amides is 1. The molecule has 1 amide bonds. The summed E-state index contributed by atoms with van der Waals surface area (Å²) in [5.74, 6) is -3.16. The lowest BCUT2D eigenvalue weighted by molar-refractivity contribution is -0.122. The number of anilines is 3. The Morgan fingerprint density at radius 1 is 1.23 bits per heavy atom. The van der Waals surface area contributed by atoms with Crippen LogP contribution in [0.1, 0.15) is 12.5 Å². The topological polar surface area (TPSA) is 117 Å². The van der Waals surface area contributed by atoms with E-state index in [1.807, 2.05) is 0 Å². The van der Waals surface area contributed by atoms with Crippen LogP contribution in [0.2, 0.25) is 0 Å². The smallest absolute Gasteiger partial charge is 0.242 e. The summed E-state index contributed by atoms with van der Waals surface area (Å²) in [5, 5.41) is 21.2. The van der Waals surface area contributed by atoms with Gasteiger partial charge in [-0.2, -0.15) is 10.1 Å². The van der Waals surface area contributed by atoms with Gasteiger partial charge in [0, 0.05) is 30.5 Å². The van der Waals surface area contributed by atoms with Gasteiger partial charge in [-0.15, -0.1) is 0 Å². The van der Waals surface area contributed by atoms with Crippen LogP contribution < -0.4 is 16.0 Å². The van der Waals surface area contributed by atoms with Crippen LogP contribution in [-0.2, 0) is 17.9 Å². The van der Waals surface area contributed by atoms with E-state index in [0.717, 1.165) is 12.1 Å². The minimum absolute atomic E-state index is 0.0424. The Labute approximate surface area is 175 Å². The van der Waals surface area contributed by atoms with E-state index in [1.54, 1.807) is 13.1 Å². The average molecular weight is 435 g/mol. The highest BCUT2D eigenvalue weighted by Gasteiger charge is 2.14. The van der Waals surface area contributed by atoms with Gasteiger partial charge in [-0.1, -0.05) is 0 Å². The summed E-state index contributed by atoms with van der Waals surface area (Å²) >= 11 is 0. The normalized spacial score (nSPS) is 11.8. The van der Waals surface area contributed by atoms with Crippen LogP contribution in [0.3, 0.4) is 0 Å². The summed E-state index contributed by atoms with van der Waals surface area (Å²) in [6.45, 7) is 1.14. The quantitative estimate of drug-likeness (QED) is 0.380. The molecule has 164 valence electrons. The molecule has 0 aliphatic heterocycles. The molecule has 31 heavy (non-hydrogen) atoms. The summed E-state index contributed by atoms with van der Waals surface area (Å²) in [5.41, 5.74) is 0.0607. The molecule has 3 rings (SSSR count). The van der Waals surface area contributed by atoms with E-state index >= 15 is 0 Å². The largest absolute Gasteiger partial charge is 0.394 e. The van der Waals surface area contributed by atoms with Gasteiger partial charge in [-0.25, -0.2) is 18.2 Å². The first-order valence-corrected chi connectivity index (χ1v) is 9.24. The van der Waals surface area contributed by atoms with Crippen molar-refractivity contribution in [2.75, 3.05) is 17.2 Å². The van der Waals surface area contributed by atoms with Crippen molar-refractivity contribution < 1.29 is 23.1 Å². The maximum absolute atomic E-state index is 13.8. The van der Waals surface area contributed by atoms with Crippen LogP contribution in [0.5, 0.6) is 0 Å². The maximum atomic E-state index is 13.8. The summed E-state index contributed by atoms with van der Waals surface area (Å²) in [6, 6.07) is 2.69. The van der Waals surface area contributed by atoms with Gasteiger partial charge in [0.1, 0.15) is 18.2 Å². The standard InChI is InChI=1S/C19H20F3N7O2/c1-11(10-30)26-17(31)9-29-8-12(6-25-29)27-19-23-5-4-16(28-19)24-7-13-14(20)2-3-15(21)18(13)22/h2-6,8,11,30H,7,9-10H2,1H3,(H,26,31)(H2,23,24,27,28). The third kappa shape index (κ3) is 5.92. The molecule has 12 heteroatoms. The molecular formula is C19H20F3N7O2. The number of aliphatic hydroxyl groups excluding tert-OH is 1. The molecule has 0 saturated carbocycles. The molecule has 2 aromatic heterocycles. The lowest BCUT2D eigenvalue weighted by atomic mass is 10.2. The highest BCUT2D eigenvalue weighted by Crippen LogP contribution is 2.18. The van der Waals surface area contributed by atoms with Crippen molar-refractivity contribution in [1.29, 1.82) is 0 Å². The minimum Gasteiger partial charge on any atom is -0.394 e. The molecule has 0 aliphatic carbocycles. The van der Waals surface area contributed by atoms with Crippen LogP contribution in [0.4, 0.5) is 30.6 Å². The van der Waals surface area contributed by atoms with Crippen LogP contribution in [0.15, 0.2) is 36.8 Å². The number of halogens is 3. The third-order valence-corrected chi connectivity index (χ3v) is 4.12. The van der Waals surface area contributed by atoms with Crippen molar-refractivity contribution in [3.63, 3.8) is 0 Å². The van der Waals surface area contributed by atoms with Crippen LogP contribution in [0, 0.1) is 17.5 Å². The number of hydrogen-bond donors (Lipinski definition) is 4. The molecule has 0 bridgehead atoms. The Morgan fingerprint density at radius 3 is 2.77 bits per heavy atom. The Morgan fingerprint density at radius 2 is 2.00 bits per heavy atom. The van der Waals surface area contributed by atoms with Crippen LogP contribution >= 0.6 is 0 Å². The number of carbonyl (C=O) groups is 1. The fraction of sp³-hybridized carbons (Fsp3) is 0.263. The number of nitrogens with one attached hydrogen (secondary N) is 3. The van der Waals surface area contributed by atoms with E-state index in [2.05, 4.69) is 31.0 Å². The molecule has 4 N–H and O–H groups in total. The van der Waals surface area contributed by atoms with Crippen LogP contribution in [-0.4, -0.2) is 43.4 Å². The number of nitrogens with zero attached hydrogens (tertiary/aromatic N) is 4. The zero-order valence-electron chi connectivity index (χ0n) is 16.4. The SMILES string of the molecule is CC(CO)NC(=O)Cn1cc(Nc2nccc(NCc3c(F)ccc(F)c3F)n2)cn1. The summed E-state index contributed by atoms with van der Waals surface area (Å²) in [4.78, 5) is 20.1. The van der Waals surface area contributed by atoms with E-state index in [-0.39, 0.29) is 43.4 Å². The fourth-order valence-corrected chi connectivity index (χ4v) is 2.58. The van der Waals surface area contributed by atoms with E-state index in [0.29, 0.717) is 5.69 Å². The molecule has 9 nitrogen and oxygen atoms in total. The number of carbonyl (C=O) groups excluding carboxylic acids is 1. The molecule has 1 unspecified atom stereocenters. The zero-order chi connectivity index (χ0) is 22.4. The number of aliphatic hydroxyl groups is 1. The lowest BCUT2D eigenvalue weighted by Gasteiger charge is -2.10. The lowest BCUT2D eigenvalue weighted by Crippen LogP contribution is -2.37. The molecule has 1 atom stereocenters. The predicted octanol–water partition coefficient (Wildman–Crippen LogP) is 1.94. The Kier molecular flexibility index (Phi) is 7.03. The first kappa shape index (κ1) is 22.0. The number of aromatic nitrogens is 4. The second-order valence-electron chi connectivity index (χ2n) is 6.64. The number of rotatable bonds is 9. The van der Waals surface area contributed by atoms with Crippen LogP contribution in [0.25, 0.3) is 0 Å². The van der Waals surface area contributed by atoms with E-state index in [1.165, 1.54) is 23.1 Å². The molecule has 1 aromatic carbocycles. The van der Waals surface area contributed by atoms with Gasteiger partial charge >= 0.3 is 0 Å². The minimum atomic E-state index is -1.26. The number of hydrogen-bond acceptors (Lipinski definition) is 7. The van der Waals surface area contributed by atoms with Gasteiger partial charge < -0.3 is 21.1 Å². The second kappa shape index (κ2) is 9.89. The van der Waals surface area contributed by atoms with Gasteiger partial charge in [-0.05, 0) is 25.1 Å². The van der Waals surface area contributed by atoms with Gasteiger partial charge in [0.25, 0.3) is 0 Å². The summed E-state index contributed by atoms with van der Waals surface area (Å²) in [6.07, 6.45) is 4.44. The van der Waals surface area contributed by atoms with Gasteiger partial charge in [0.05, 0.1) is 18.5 Å². The fourth-order valence-electron chi connectivity index (χ4n) is 2.58. The van der Waals surface area contributed by atoms with Crippen molar-refractivity contribution in [3.8, 4) is 0 Å². The first-order valence-electron chi connectivity index (χ1n) is 9.24. The van der Waals surface area contributed by atoms with Crippen molar-refractivity contribution in [1.82, 2.24) is 25.1 Å². The molecule has 0 saturated heterocycles. The second-order valence-corrected chi connectivity index (χ2v) is 6.64. The third-order valence-electron chi connectivity index (χ3n) is 4.12. The first-order chi connectivity index (χ1) is 14.9. The van der Waals surface area contributed by atoms with Crippen molar-refractivity contribution in [2.45, 2.75) is 26.1 Å². The molecule has 0 aliphatic rings. The van der Waals surface area contributed by atoms with Gasteiger partial charge in [-0.3, -0.25) is 9.48 Å². The maximum Gasteiger partial charge on any atom is 0.242 e. The molecule has 2 heterocycles. The van der Waals surface area contributed by atoms with Crippen molar-refractivity contribution in [2.24, 2.45) is 0 Å². The Hall–Kier alpha value is -3.67. The average Bonchev–Trinajstić information content (AvgIpc) is 3.17. The molecule has 3 aromatic rings. The molecule has 0 radical (unpaired) electrons. The molecular weight excluding hydrogens is 415 g/mol. The highest BCUT2D eigenvalue weighted by atomic mass is 19.2. The van der Waals surface area contributed by atoms with E-state index in [9.17, 15) is 18.0 Å². The predicted molar refractivity (Wildman–Crippen MR) is 106 cm³/mol. The van der Waals surface area contributed by atoms with E-state index < -0.39 is 23.0 Å². The Balaban J connectivity index is 1.61. The monoisotopic (exact) mass is 435 g/mol. The zero-order valence-corrected chi connectivity index (χ0v) is 16.4. The highest BCUT2D eigenvalue weighted by molar-refractivity contribution is 5.76. The summed E-state index contributed by atoms with van der Waals surface area (Å²) in [7, 11) is 0. The molecule has 0 spiro atoms. The molecule has 0 fully saturated rings. The van der Waals surface area contributed by atoms with Gasteiger partial charge in [0.15, 0.2) is 11.6 Å². The Bertz CT molecular complexity index is 1060.